The zero-order valence-electron chi connectivity index (χ0n) is 7.96. The number of hydrogen-bond acceptors (Lipinski definition) is 4. The lowest BCUT2D eigenvalue weighted by atomic mass is 10.2. The molecule has 1 atom stereocenters. The topological polar surface area (TPSA) is 122 Å². The molecule has 0 aromatic carbocycles. The molecule has 0 aromatic rings. The second-order valence-electron chi connectivity index (χ2n) is 2.86. The first-order valence-electron chi connectivity index (χ1n) is 3.85. The van der Waals surface area contributed by atoms with E-state index in [1.54, 1.807) is 0 Å². The Kier molecular flexibility index (Phi) is 4.03. The van der Waals surface area contributed by atoms with Crippen LogP contribution in [-0.2, 0) is 14.4 Å². The highest BCUT2D eigenvalue weighted by Crippen LogP contribution is 1.98. The third-order valence-electron chi connectivity index (χ3n) is 1.43. The quantitative estimate of drug-likeness (QED) is 0.394. The summed E-state index contributed by atoms with van der Waals surface area (Å²) in [4.78, 5) is 32.3. The van der Waals surface area contributed by atoms with E-state index in [4.69, 9.17) is 10.8 Å². The van der Waals surface area contributed by atoms with Crippen LogP contribution in [0.25, 0.3) is 0 Å². The Balaban J connectivity index is 4.63. The fourth-order valence-electron chi connectivity index (χ4n) is 0.820. The largest absolute Gasteiger partial charge is 0.478 e. The molecule has 0 aliphatic rings. The lowest BCUT2D eigenvalue weighted by Crippen LogP contribution is -2.64. The molecule has 5 N–H and O–H groups in total. The van der Waals surface area contributed by atoms with Gasteiger partial charge in [-0.15, -0.1) is 0 Å². The van der Waals surface area contributed by atoms with Gasteiger partial charge in [0.2, 0.25) is 17.5 Å². The minimum atomic E-state index is -1.82. The van der Waals surface area contributed by atoms with Crippen LogP contribution in [0, 0.1) is 0 Å². The average molecular weight is 203 g/mol. The summed E-state index contributed by atoms with van der Waals surface area (Å²) in [7, 11) is 0. The summed E-state index contributed by atoms with van der Waals surface area (Å²) >= 11 is 0. The number of nitrogens with one attached hydrogen (secondary N) is 2. The van der Waals surface area contributed by atoms with Gasteiger partial charge in [0.05, 0.1) is 6.54 Å². The van der Waals surface area contributed by atoms with Gasteiger partial charge in [-0.3, -0.25) is 9.59 Å². The number of aliphatic carboxylic acids is 1. The SMILES string of the molecule is CC(=O)NC(C)(NC(=O)CN)C(=O)O. The normalized spacial score (nSPS) is 13.9. The van der Waals surface area contributed by atoms with Gasteiger partial charge in [0.25, 0.3) is 0 Å². The standard InChI is InChI=1S/C7H13N3O4/c1-4(11)9-7(2,6(13)14)10-5(12)3-8/h3,8H2,1-2H3,(H,9,11)(H,10,12)(H,13,14). The van der Waals surface area contributed by atoms with Gasteiger partial charge in [-0.25, -0.2) is 4.79 Å². The van der Waals surface area contributed by atoms with E-state index in [-0.39, 0.29) is 6.54 Å². The summed E-state index contributed by atoms with van der Waals surface area (Å²) < 4.78 is 0. The van der Waals surface area contributed by atoms with Crippen molar-refractivity contribution in [3.05, 3.63) is 0 Å². The third-order valence-corrected chi connectivity index (χ3v) is 1.43. The summed E-state index contributed by atoms with van der Waals surface area (Å²) in [5.74, 6) is -2.59. The van der Waals surface area contributed by atoms with E-state index in [2.05, 4.69) is 10.6 Å². The van der Waals surface area contributed by atoms with E-state index < -0.39 is 23.4 Å². The van der Waals surface area contributed by atoms with Crippen molar-refractivity contribution in [3.8, 4) is 0 Å². The van der Waals surface area contributed by atoms with Crippen molar-refractivity contribution in [3.63, 3.8) is 0 Å². The van der Waals surface area contributed by atoms with Crippen molar-refractivity contribution in [1.29, 1.82) is 0 Å². The van der Waals surface area contributed by atoms with Gasteiger partial charge < -0.3 is 21.5 Å². The molecule has 0 saturated heterocycles. The Bertz CT molecular complexity index is 266. The molecule has 0 aliphatic carbocycles. The zero-order valence-corrected chi connectivity index (χ0v) is 7.96. The molecule has 80 valence electrons. The number of hydrogen-bond donors (Lipinski definition) is 4. The second-order valence-corrected chi connectivity index (χ2v) is 2.86. The minimum Gasteiger partial charge on any atom is -0.478 e. The molecule has 7 nitrogen and oxygen atoms in total. The van der Waals surface area contributed by atoms with Crippen LogP contribution in [-0.4, -0.2) is 35.1 Å². The molecule has 2 amide bonds. The van der Waals surface area contributed by atoms with E-state index in [0.717, 1.165) is 13.8 Å². The van der Waals surface area contributed by atoms with Crippen molar-refractivity contribution in [2.45, 2.75) is 19.5 Å². The first-order valence-corrected chi connectivity index (χ1v) is 3.85. The Labute approximate surface area is 80.6 Å². The van der Waals surface area contributed by atoms with Gasteiger partial charge in [-0.2, -0.15) is 0 Å². The molecule has 7 heteroatoms. The van der Waals surface area contributed by atoms with Crippen molar-refractivity contribution in [2.24, 2.45) is 5.73 Å². The zero-order chi connectivity index (χ0) is 11.4. The molecule has 1 unspecified atom stereocenters. The highest BCUT2D eigenvalue weighted by molar-refractivity contribution is 5.90. The Morgan fingerprint density at radius 2 is 1.86 bits per heavy atom. The maximum Gasteiger partial charge on any atom is 0.350 e. The molecule has 0 radical (unpaired) electrons. The predicted molar refractivity (Wildman–Crippen MR) is 47.1 cm³/mol. The molecule has 0 rings (SSSR count). The predicted octanol–water partition coefficient (Wildman–Crippen LogP) is -2.00. The van der Waals surface area contributed by atoms with Crippen LogP contribution in [0.4, 0.5) is 0 Å². The van der Waals surface area contributed by atoms with Crippen LogP contribution >= 0.6 is 0 Å². The molecule has 0 bridgehead atoms. The van der Waals surface area contributed by atoms with Crippen LogP contribution in [0.15, 0.2) is 0 Å². The molecule has 0 heterocycles. The minimum absolute atomic E-state index is 0.345. The van der Waals surface area contributed by atoms with Crippen LogP contribution in [0.1, 0.15) is 13.8 Å². The maximum absolute atomic E-state index is 10.9. The number of carboxylic acid groups (broad SMARTS) is 1. The van der Waals surface area contributed by atoms with E-state index in [1.807, 2.05) is 0 Å². The van der Waals surface area contributed by atoms with Gasteiger partial charge in [-0.05, 0) is 6.92 Å². The van der Waals surface area contributed by atoms with Crippen molar-refractivity contribution in [2.75, 3.05) is 6.54 Å². The van der Waals surface area contributed by atoms with E-state index in [1.165, 1.54) is 0 Å². The van der Waals surface area contributed by atoms with Crippen molar-refractivity contribution in [1.82, 2.24) is 10.6 Å². The number of rotatable bonds is 4. The number of carbonyl (C=O) groups is 3. The van der Waals surface area contributed by atoms with Crippen LogP contribution in [0.3, 0.4) is 0 Å². The summed E-state index contributed by atoms with van der Waals surface area (Å²) in [6.07, 6.45) is 0. The lowest BCUT2D eigenvalue weighted by molar-refractivity contribution is -0.150. The monoisotopic (exact) mass is 203 g/mol. The average Bonchev–Trinajstić information content (AvgIpc) is 2.02. The van der Waals surface area contributed by atoms with Gasteiger partial charge >= 0.3 is 5.97 Å². The summed E-state index contributed by atoms with van der Waals surface area (Å²) in [5.41, 5.74) is 3.18. The molecule has 0 fully saturated rings. The summed E-state index contributed by atoms with van der Waals surface area (Å²) in [6, 6.07) is 0. The molecular weight excluding hydrogens is 190 g/mol. The fourth-order valence-corrected chi connectivity index (χ4v) is 0.820. The number of carboxylic acids is 1. The molecule has 0 spiro atoms. The first kappa shape index (κ1) is 12.4. The Morgan fingerprint density at radius 1 is 1.36 bits per heavy atom. The molecule has 0 saturated carbocycles. The molecule has 14 heavy (non-hydrogen) atoms. The van der Waals surface area contributed by atoms with Gasteiger partial charge in [0, 0.05) is 6.92 Å². The summed E-state index contributed by atoms with van der Waals surface area (Å²) in [5, 5.41) is 12.9. The van der Waals surface area contributed by atoms with Crippen molar-refractivity contribution < 1.29 is 19.5 Å². The number of amides is 2. The lowest BCUT2D eigenvalue weighted by Gasteiger charge is -2.26. The van der Waals surface area contributed by atoms with Gasteiger partial charge in [-0.1, -0.05) is 0 Å². The van der Waals surface area contributed by atoms with Gasteiger partial charge in [0.1, 0.15) is 0 Å². The van der Waals surface area contributed by atoms with Crippen molar-refractivity contribution >= 4 is 17.8 Å². The molecule has 0 aromatic heterocycles. The van der Waals surface area contributed by atoms with E-state index in [0.29, 0.717) is 0 Å². The Hall–Kier alpha value is -1.63. The first-order chi connectivity index (χ1) is 6.31. The van der Waals surface area contributed by atoms with E-state index >= 15 is 0 Å². The smallest absolute Gasteiger partial charge is 0.350 e. The molecule has 0 aliphatic heterocycles. The highest BCUT2D eigenvalue weighted by atomic mass is 16.4. The fraction of sp³-hybridized carbons (Fsp3) is 0.571. The Morgan fingerprint density at radius 3 is 2.14 bits per heavy atom. The van der Waals surface area contributed by atoms with Crippen LogP contribution in [0.5, 0.6) is 0 Å². The van der Waals surface area contributed by atoms with E-state index in [9.17, 15) is 14.4 Å². The highest BCUT2D eigenvalue weighted by Gasteiger charge is 2.35. The summed E-state index contributed by atoms with van der Waals surface area (Å²) in [6.45, 7) is 1.96. The number of nitrogens with two attached hydrogens (primary N) is 1. The van der Waals surface area contributed by atoms with Crippen LogP contribution in [0.2, 0.25) is 0 Å². The number of carbonyl (C=O) groups excluding carboxylic acids is 2. The second kappa shape index (κ2) is 4.56. The third kappa shape index (κ3) is 3.40. The van der Waals surface area contributed by atoms with Gasteiger partial charge in [0.15, 0.2) is 0 Å². The maximum atomic E-state index is 10.9. The molecular formula is C7H13N3O4. The van der Waals surface area contributed by atoms with Crippen LogP contribution < -0.4 is 16.4 Å².